The zero-order valence-electron chi connectivity index (χ0n) is 14.7. The van der Waals surface area contributed by atoms with E-state index in [1.807, 2.05) is 35.5 Å². The molecule has 1 amide bonds. The van der Waals surface area contributed by atoms with Gasteiger partial charge in [0.05, 0.1) is 18.4 Å². The van der Waals surface area contributed by atoms with Crippen LogP contribution in [0.3, 0.4) is 0 Å². The minimum atomic E-state index is 0.0316. The average molecular weight is 337 g/mol. The molecule has 4 rings (SSSR count). The molecule has 0 bridgehead atoms. The van der Waals surface area contributed by atoms with Gasteiger partial charge in [0.25, 0.3) is 0 Å². The molecule has 0 aliphatic heterocycles. The molecule has 0 unspecified atom stereocenters. The normalized spacial score (nSPS) is 13.8. The number of carbonyl (C=O) groups excluding carboxylic acids is 1. The van der Waals surface area contributed by atoms with Crippen molar-refractivity contribution in [2.75, 3.05) is 5.32 Å². The van der Waals surface area contributed by atoms with Gasteiger partial charge in [-0.3, -0.25) is 14.2 Å². The van der Waals surface area contributed by atoms with Crippen LogP contribution in [0.4, 0.5) is 5.69 Å². The Morgan fingerprint density at radius 3 is 3.00 bits per heavy atom. The molecule has 0 spiro atoms. The van der Waals surface area contributed by atoms with Crippen molar-refractivity contribution >= 4 is 22.6 Å². The van der Waals surface area contributed by atoms with Gasteiger partial charge in [0.15, 0.2) is 0 Å². The molecule has 1 aromatic carbocycles. The number of aromatic nitrogens is 4. The minimum Gasteiger partial charge on any atom is -0.326 e. The monoisotopic (exact) mass is 337 g/mol. The molecule has 0 saturated heterocycles. The molecule has 6 nitrogen and oxygen atoms in total. The molecule has 130 valence electrons. The van der Waals surface area contributed by atoms with Crippen molar-refractivity contribution in [2.24, 2.45) is 7.05 Å². The van der Waals surface area contributed by atoms with Gasteiger partial charge in [-0.2, -0.15) is 10.2 Å². The van der Waals surface area contributed by atoms with Crippen molar-refractivity contribution < 1.29 is 4.79 Å². The molecule has 1 N–H and O–H groups in total. The average Bonchev–Trinajstić information content (AvgIpc) is 3.15. The van der Waals surface area contributed by atoms with Gasteiger partial charge >= 0.3 is 0 Å². The Morgan fingerprint density at radius 2 is 2.12 bits per heavy atom. The lowest BCUT2D eigenvalue weighted by Crippen LogP contribution is -2.17. The number of benzene rings is 1. The lowest BCUT2D eigenvalue weighted by molar-refractivity contribution is -0.116. The zero-order chi connectivity index (χ0) is 17.4. The Morgan fingerprint density at radius 1 is 1.28 bits per heavy atom. The van der Waals surface area contributed by atoms with Crippen LogP contribution in [0.2, 0.25) is 0 Å². The van der Waals surface area contributed by atoms with E-state index in [2.05, 4.69) is 21.6 Å². The largest absolute Gasteiger partial charge is 0.326 e. The number of amides is 1. The summed E-state index contributed by atoms with van der Waals surface area (Å²) >= 11 is 0. The molecule has 0 saturated carbocycles. The van der Waals surface area contributed by atoms with Crippen molar-refractivity contribution in [3.05, 3.63) is 41.2 Å². The maximum absolute atomic E-state index is 12.4. The molecule has 3 aromatic rings. The van der Waals surface area contributed by atoms with E-state index in [1.54, 1.807) is 6.20 Å². The zero-order valence-corrected chi connectivity index (χ0v) is 14.7. The summed E-state index contributed by atoms with van der Waals surface area (Å²) in [6, 6.07) is 6.23. The molecule has 1 aliphatic carbocycles. The SMILES string of the molecule is Cc1nn(C)c2cnn(CCC(=O)Nc3cccc4c3CCCC4)c12. The van der Waals surface area contributed by atoms with Crippen molar-refractivity contribution in [1.29, 1.82) is 0 Å². The molecular weight excluding hydrogens is 314 g/mol. The highest BCUT2D eigenvalue weighted by atomic mass is 16.1. The molecule has 25 heavy (non-hydrogen) atoms. The van der Waals surface area contributed by atoms with E-state index in [-0.39, 0.29) is 5.91 Å². The first-order valence-electron chi connectivity index (χ1n) is 8.89. The summed E-state index contributed by atoms with van der Waals surface area (Å²) in [4.78, 5) is 12.4. The summed E-state index contributed by atoms with van der Waals surface area (Å²) in [5.41, 5.74) is 6.61. The molecule has 2 aromatic heterocycles. The van der Waals surface area contributed by atoms with Crippen LogP contribution in [-0.4, -0.2) is 25.5 Å². The van der Waals surface area contributed by atoms with E-state index in [4.69, 9.17) is 0 Å². The Bertz CT molecular complexity index is 937. The first-order chi connectivity index (χ1) is 12.1. The fourth-order valence-electron chi connectivity index (χ4n) is 3.80. The standard InChI is InChI=1S/C19H23N5O/c1-13-19-17(23(2)22-13)12-20-24(19)11-10-18(25)21-16-9-5-7-14-6-3-4-8-15(14)16/h5,7,9,12H,3-4,6,8,10-11H2,1-2H3,(H,21,25). The first kappa shape index (κ1) is 15.9. The van der Waals surface area contributed by atoms with E-state index >= 15 is 0 Å². The number of nitrogens with one attached hydrogen (secondary N) is 1. The van der Waals surface area contributed by atoms with Crippen LogP contribution in [0.5, 0.6) is 0 Å². The van der Waals surface area contributed by atoms with Crippen LogP contribution in [-0.2, 0) is 31.2 Å². The maximum atomic E-state index is 12.4. The van der Waals surface area contributed by atoms with Crippen LogP contribution in [0.25, 0.3) is 11.0 Å². The summed E-state index contributed by atoms with van der Waals surface area (Å²) < 4.78 is 3.70. The fourth-order valence-corrected chi connectivity index (χ4v) is 3.80. The van der Waals surface area contributed by atoms with Crippen LogP contribution in [0.15, 0.2) is 24.4 Å². The van der Waals surface area contributed by atoms with Crippen LogP contribution >= 0.6 is 0 Å². The van der Waals surface area contributed by atoms with E-state index in [1.165, 1.54) is 24.0 Å². The van der Waals surface area contributed by atoms with Gasteiger partial charge in [-0.25, -0.2) is 0 Å². The topological polar surface area (TPSA) is 64.7 Å². The third kappa shape index (κ3) is 2.92. The van der Waals surface area contributed by atoms with Gasteiger partial charge in [0, 0.05) is 19.2 Å². The number of aryl methyl sites for hydroxylation is 4. The van der Waals surface area contributed by atoms with Gasteiger partial charge in [-0.05, 0) is 49.8 Å². The van der Waals surface area contributed by atoms with Gasteiger partial charge < -0.3 is 5.32 Å². The number of nitrogens with zero attached hydrogens (tertiary/aromatic N) is 4. The van der Waals surface area contributed by atoms with Crippen LogP contribution in [0, 0.1) is 6.92 Å². The highest BCUT2D eigenvalue weighted by Gasteiger charge is 2.16. The van der Waals surface area contributed by atoms with Crippen molar-refractivity contribution in [3.63, 3.8) is 0 Å². The Labute approximate surface area is 146 Å². The van der Waals surface area contributed by atoms with Crippen molar-refractivity contribution in [2.45, 2.75) is 45.6 Å². The molecule has 1 aliphatic rings. The molecular formula is C19H23N5O. The predicted octanol–water partition coefficient (Wildman–Crippen LogP) is 2.99. The van der Waals surface area contributed by atoms with Crippen LogP contribution in [0.1, 0.15) is 36.1 Å². The van der Waals surface area contributed by atoms with Gasteiger partial charge in [-0.1, -0.05) is 12.1 Å². The van der Waals surface area contributed by atoms with Crippen molar-refractivity contribution in [1.82, 2.24) is 19.6 Å². The smallest absolute Gasteiger partial charge is 0.226 e. The first-order valence-corrected chi connectivity index (χ1v) is 8.89. The fraction of sp³-hybridized carbons (Fsp3) is 0.421. The van der Waals surface area contributed by atoms with Gasteiger partial charge in [0.2, 0.25) is 5.91 Å². The number of hydrogen-bond donors (Lipinski definition) is 1. The summed E-state index contributed by atoms with van der Waals surface area (Å²) in [5.74, 6) is 0.0316. The molecule has 0 fully saturated rings. The highest BCUT2D eigenvalue weighted by molar-refractivity contribution is 5.91. The molecule has 2 heterocycles. The number of hydrogen-bond acceptors (Lipinski definition) is 3. The number of rotatable bonds is 4. The lowest BCUT2D eigenvalue weighted by atomic mass is 9.90. The van der Waals surface area contributed by atoms with E-state index in [9.17, 15) is 4.79 Å². The summed E-state index contributed by atoms with van der Waals surface area (Å²) in [7, 11) is 1.91. The minimum absolute atomic E-state index is 0.0316. The number of fused-ring (bicyclic) bond motifs is 2. The quantitative estimate of drug-likeness (QED) is 0.796. The molecule has 0 radical (unpaired) electrons. The Balaban J connectivity index is 1.46. The Kier molecular flexibility index (Phi) is 4.03. The molecule has 0 atom stereocenters. The second-order valence-electron chi connectivity index (χ2n) is 6.76. The predicted molar refractivity (Wildman–Crippen MR) is 97.6 cm³/mol. The Hall–Kier alpha value is -2.63. The summed E-state index contributed by atoms with van der Waals surface area (Å²) in [6.45, 7) is 2.52. The third-order valence-electron chi connectivity index (χ3n) is 5.03. The molecule has 6 heteroatoms. The van der Waals surface area contributed by atoms with Crippen molar-refractivity contribution in [3.8, 4) is 0 Å². The van der Waals surface area contributed by atoms with E-state index < -0.39 is 0 Å². The van der Waals surface area contributed by atoms with Gasteiger partial charge in [0.1, 0.15) is 11.0 Å². The summed E-state index contributed by atoms with van der Waals surface area (Å²) in [6.07, 6.45) is 6.82. The third-order valence-corrected chi connectivity index (χ3v) is 5.03. The summed E-state index contributed by atoms with van der Waals surface area (Å²) in [5, 5.41) is 11.9. The number of carbonyl (C=O) groups is 1. The lowest BCUT2D eigenvalue weighted by Gasteiger charge is -2.19. The number of anilines is 1. The highest BCUT2D eigenvalue weighted by Crippen LogP contribution is 2.28. The second-order valence-corrected chi connectivity index (χ2v) is 6.76. The van der Waals surface area contributed by atoms with Gasteiger partial charge in [-0.15, -0.1) is 0 Å². The maximum Gasteiger partial charge on any atom is 0.226 e. The van der Waals surface area contributed by atoms with E-state index in [0.717, 1.165) is 35.3 Å². The second kappa shape index (κ2) is 6.35. The van der Waals surface area contributed by atoms with E-state index in [0.29, 0.717) is 13.0 Å². The van der Waals surface area contributed by atoms with Crippen LogP contribution < -0.4 is 5.32 Å².